The van der Waals surface area contributed by atoms with Crippen LogP contribution in [-0.2, 0) is 5.75 Å². The number of thioether (sulfide) groups is 1. The van der Waals surface area contributed by atoms with Crippen molar-refractivity contribution in [2.24, 2.45) is 0 Å². The Morgan fingerprint density at radius 2 is 1.91 bits per heavy atom. The summed E-state index contributed by atoms with van der Waals surface area (Å²) in [6.45, 7) is 1.78. The van der Waals surface area contributed by atoms with Crippen molar-refractivity contribution in [1.29, 1.82) is 0 Å². The zero-order chi connectivity index (χ0) is 15.6. The van der Waals surface area contributed by atoms with Gasteiger partial charge in [-0.05, 0) is 36.2 Å². The van der Waals surface area contributed by atoms with E-state index < -0.39 is 0 Å². The highest BCUT2D eigenvalue weighted by atomic mass is 32.2. The van der Waals surface area contributed by atoms with Crippen molar-refractivity contribution in [3.8, 4) is 0 Å². The molecule has 1 N–H and O–H groups in total. The predicted molar refractivity (Wildman–Crippen MR) is 92.6 cm³/mol. The van der Waals surface area contributed by atoms with Crippen LogP contribution >= 0.6 is 11.8 Å². The number of rotatable bonds is 4. The number of carbonyl (C=O) groups excluding carboxylic acids is 1. The zero-order valence-corrected chi connectivity index (χ0v) is 13.5. The molecule has 5 heteroatoms. The summed E-state index contributed by atoms with van der Waals surface area (Å²) >= 11 is 1.67. The minimum absolute atomic E-state index is 0.146. The molecule has 2 aromatic carbocycles. The Bertz CT molecular complexity index is 804. The summed E-state index contributed by atoms with van der Waals surface area (Å²) in [4.78, 5) is 21.9. The van der Waals surface area contributed by atoms with E-state index in [1.54, 1.807) is 11.8 Å². The summed E-state index contributed by atoms with van der Waals surface area (Å²) in [5, 5.41) is 0.923. The van der Waals surface area contributed by atoms with Crippen LogP contribution in [-0.4, -0.2) is 33.9 Å². The molecule has 0 radical (unpaired) electrons. The molecule has 4 rings (SSSR count). The minimum atomic E-state index is 0.146. The lowest BCUT2D eigenvalue weighted by atomic mass is 10.1. The molecule has 1 aliphatic heterocycles. The van der Waals surface area contributed by atoms with E-state index in [1.165, 1.54) is 5.56 Å². The second-order valence-electron chi connectivity index (χ2n) is 5.69. The Kier molecular flexibility index (Phi) is 3.79. The summed E-state index contributed by atoms with van der Waals surface area (Å²) in [5.41, 5.74) is 4.02. The van der Waals surface area contributed by atoms with Gasteiger partial charge >= 0.3 is 0 Å². The molecule has 4 nitrogen and oxygen atoms in total. The zero-order valence-electron chi connectivity index (χ0n) is 12.7. The number of carbonyl (C=O) groups is 1. The number of fused-ring (bicyclic) bond motifs is 1. The number of nitrogens with zero attached hydrogens (tertiary/aromatic N) is 2. The summed E-state index contributed by atoms with van der Waals surface area (Å²) in [5.74, 6) is 0.977. The molecule has 116 valence electrons. The number of aromatic amines is 1. The normalized spacial score (nSPS) is 14.0. The van der Waals surface area contributed by atoms with Gasteiger partial charge in [-0.2, -0.15) is 0 Å². The van der Waals surface area contributed by atoms with Gasteiger partial charge in [-0.1, -0.05) is 36.0 Å². The molecule has 1 aromatic heterocycles. The molecule has 0 aliphatic carbocycles. The molecule has 0 atom stereocenters. The number of para-hydroxylation sites is 2. The number of benzene rings is 2. The maximum atomic E-state index is 12.1. The number of likely N-dealkylation sites (tertiary alicyclic amines) is 1. The summed E-state index contributed by atoms with van der Waals surface area (Å²) in [7, 11) is 0. The summed E-state index contributed by atoms with van der Waals surface area (Å²) in [6.07, 6.45) is 1.12. The number of hydrogen-bond acceptors (Lipinski definition) is 3. The fourth-order valence-corrected chi connectivity index (χ4v) is 3.44. The van der Waals surface area contributed by atoms with E-state index in [0.29, 0.717) is 0 Å². The Morgan fingerprint density at radius 1 is 1.13 bits per heavy atom. The van der Waals surface area contributed by atoms with Crippen LogP contribution in [0.4, 0.5) is 0 Å². The topological polar surface area (TPSA) is 49.0 Å². The number of hydrogen-bond donors (Lipinski definition) is 1. The molecule has 0 unspecified atom stereocenters. The van der Waals surface area contributed by atoms with Gasteiger partial charge in [0, 0.05) is 24.4 Å². The van der Waals surface area contributed by atoms with Crippen molar-refractivity contribution in [2.45, 2.75) is 17.3 Å². The lowest BCUT2D eigenvalue weighted by Crippen LogP contribution is -2.41. The summed E-state index contributed by atoms with van der Waals surface area (Å²) < 4.78 is 0. The molecule has 0 spiro atoms. The number of nitrogens with one attached hydrogen (secondary N) is 1. The van der Waals surface area contributed by atoms with Gasteiger partial charge in [0.05, 0.1) is 11.0 Å². The van der Waals surface area contributed by atoms with Crippen molar-refractivity contribution < 1.29 is 4.79 Å². The lowest BCUT2D eigenvalue weighted by molar-refractivity contribution is 0.0652. The molecule has 0 bridgehead atoms. The second kappa shape index (κ2) is 6.08. The van der Waals surface area contributed by atoms with E-state index in [9.17, 15) is 4.79 Å². The van der Waals surface area contributed by atoms with Gasteiger partial charge in [0.2, 0.25) is 0 Å². The highest BCUT2D eigenvalue weighted by Crippen LogP contribution is 2.23. The van der Waals surface area contributed by atoms with Crippen LogP contribution in [0.1, 0.15) is 22.3 Å². The van der Waals surface area contributed by atoms with Gasteiger partial charge < -0.3 is 9.88 Å². The number of imidazole rings is 1. The van der Waals surface area contributed by atoms with Crippen LogP contribution < -0.4 is 0 Å². The number of H-pyrrole nitrogens is 1. The molecule has 23 heavy (non-hydrogen) atoms. The van der Waals surface area contributed by atoms with Crippen molar-refractivity contribution in [3.63, 3.8) is 0 Å². The maximum Gasteiger partial charge on any atom is 0.253 e. The molecule has 1 saturated heterocycles. The van der Waals surface area contributed by atoms with E-state index in [2.05, 4.69) is 9.97 Å². The van der Waals surface area contributed by atoms with Crippen LogP contribution in [0.3, 0.4) is 0 Å². The Hall–Kier alpha value is -2.27. The van der Waals surface area contributed by atoms with Gasteiger partial charge in [-0.15, -0.1) is 0 Å². The molecule has 1 amide bonds. The van der Waals surface area contributed by atoms with E-state index in [4.69, 9.17) is 0 Å². The van der Waals surface area contributed by atoms with E-state index in [1.807, 2.05) is 53.4 Å². The monoisotopic (exact) mass is 323 g/mol. The molecule has 3 aromatic rings. The van der Waals surface area contributed by atoms with E-state index in [-0.39, 0.29) is 5.91 Å². The van der Waals surface area contributed by atoms with Gasteiger partial charge in [0.25, 0.3) is 5.91 Å². The molecule has 0 saturated carbocycles. The van der Waals surface area contributed by atoms with Gasteiger partial charge in [-0.25, -0.2) is 4.98 Å². The number of amides is 1. The molecule has 1 aliphatic rings. The van der Waals surface area contributed by atoms with Crippen molar-refractivity contribution in [2.75, 3.05) is 13.1 Å². The molecule has 2 heterocycles. The largest absolute Gasteiger partial charge is 0.339 e. The predicted octanol–water partition coefficient (Wildman–Crippen LogP) is 3.70. The van der Waals surface area contributed by atoms with Crippen LogP contribution in [0.5, 0.6) is 0 Å². The van der Waals surface area contributed by atoms with Gasteiger partial charge in [0.1, 0.15) is 0 Å². The van der Waals surface area contributed by atoms with Gasteiger partial charge in [0.15, 0.2) is 5.16 Å². The van der Waals surface area contributed by atoms with Crippen molar-refractivity contribution >= 4 is 28.7 Å². The average molecular weight is 323 g/mol. The van der Waals surface area contributed by atoms with E-state index >= 15 is 0 Å². The highest BCUT2D eigenvalue weighted by Gasteiger charge is 2.21. The van der Waals surface area contributed by atoms with Crippen LogP contribution in [0.2, 0.25) is 0 Å². The minimum Gasteiger partial charge on any atom is -0.339 e. The maximum absolute atomic E-state index is 12.1. The molecule has 1 fully saturated rings. The van der Waals surface area contributed by atoms with Crippen LogP contribution in [0.15, 0.2) is 53.7 Å². The fourth-order valence-electron chi connectivity index (χ4n) is 2.59. The van der Waals surface area contributed by atoms with Crippen molar-refractivity contribution in [1.82, 2.24) is 14.9 Å². The van der Waals surface area contributed by atoms with Crippen molar-refractivity contribution in [3.05, 3.63) is 59.7 Å². The van der Waals surface area contributed by atoms with Gasteiger partial charge in [-0.3, -0.25) is 4.79 Å². The Morgan fingerprint density at radius 3 is 2.61 bits per heavy atom. The first-order valence-electron chi connectivity index (χ1n) is 7.75. The Labute approximate surface area is 138 Å². The third-order valence-corrected chi connectivity index (χ3v) is 5.03. The molecular formula is C18H17N3OS. The van der Waals surface area contributed by atoms with Crippen LogP contribution in [0, 0.1) is 0 Å². The first kappa shape index (κ1) is 14.3. The second-order valence-corrected chi connectivity index (χ2v) is 6.65. The molecular weight excluding hydrogens is 306 g/mol. The van der Waals surface area contributed by atoms with Crippen LogP contribution in [0.25, 0.3) is 11.0 Å². The first-order valence-corrected chi connectivity index (χ1v) is 8.74. The SMILES string of the molecule is O=C(c1ccc(CSc2nc3ccccc3[nH]2)cc1)N1CCC1. The summed E-state index contributed by atoms with van der Waals surface area (Å²) in [6, 6.07) is 15.9. The number of aromatic nitrogens is 2. The smallest absolute Gasteiger partial charge is 0.253 e. The average Bonchev–Trinajstić information content (AvgIpc) is 2.94. The van der Waals surface area contributed by atoms with E-state index in [0.717, 1.165) is 47.0 Å². The quantitative estimate of drug-likeness (QED) is 0.745. The standard InChI is InChI=1S/C18H17N3OS/c22-17(21-10-3-11-21)14-8-6-13(7-9-14)12-23-18-19-15-4-1-2-5-16(15)20-18/h1-2,4-9H,3,10-12H2,(H,19,20). The third-order valence-electron chi connectivity index (χ3n) is 4.09. The Balaban J connectivity index is 1.41. The highest BCUT2D eigenvalue weighted by molar-refractivity contribution is 7.98. The fraction of sp³-hybridized carbons (Fsp3) is 0.222. The third kappa shape index (κ3) is 2.97. The first-order chi connectivity index (χ1) is 11.3. The lowest BCUT2D eigenvalue weighted by Gasteiger charge is -2.30.